The maximum Gasteiger partial charge on any atom is 0.324 e. The predicted molar refractivity (Wildman–Crippen MR) is 64.2 cm³/mol. The number of nitrogens with zero attached hydrogens (tertiary/aromatic N) is 1. The van der Waals surface area contributed by atoms with E-state index in [1.165, 1.54) is 11.4 Å². The summed E-state index contributed by atoms with van der Waals surface area (Å²) in [6.07, 6.45) is 0. The Morgan fingerprint density at radius 3 is 2.81 bits per heavy atom. The zero-order valence-corrected chi connectivity index (χ0v) is 10.1. The zero-order valence-electron chi connectivity index (χ0n) is 8.50. The SMILES string of the molecule is C[C@H](CN)NC(=O)c1csc([N+](=O)[O-])c1.Cl. The van der Waals surface area contributed by atoms with Crippen molar-refractivity contribution in [2.24, 2.45) is 5.73 Å². The molecule has 1 heterocycles. The van der Waals surface area contributed by atoms with Crippen molar-refractivity contribution >= 4 is 34.7 Å². The summed E-state index contributed by atoms with van der Waals surface area (Å²) in [5.74, 6) is -0.336. The molecule has 0 radical (unpaired) electrons. The van der Waals surface area contributed by atoms with Crippen molar-refractivity contribution in [3.63, 3.8) is 0 Å². The molecule has 1 aromatic rings. The lowest BCUT2D eigenvalue weighted by Gasteiger charge is -2.09. The molecule has 1 rings (SSSR count). The Balaban J connectivity index is 0.00000225. The predicted octanol–water partition coefficient (Wildman–Crippen LogP) is 1.16. The van der Waals surface area contributed by atoms with E-state index in [9.17, 15) is 14.9 Å². The van der Waals surface area contributed by atoms with Gasteiger partial charge in [-0.1, -0.05) is 11.3 Å². The van der Waals surface area contributed by atoms with Crippen molar-refractivity contribution in [1.82, 2.24) is 5.32 Å². The molecular weight excluding hydrogens is 254 g/mol. The van der Waals surface area contributed by atoms with Gasteiger partial charge < -0.3 is 11.1 Å². The molecular formula is C8H12ClN3O3S. The van der Waals surface area contributed by atoms with Crippen LogP contribution in [0, 0.1) is 10.1 Å². The third kappa shape index (κ3) is 3.76. The molecule has 0 saturated heterocycles. The first-order chi connectivity index (χ1) is 7.04. The van der Waals surface area contributed by atoms with Crippen molar-refractivity contribution in [3.05, 3.63) is 27.1 Å². The molecule has 16 heavy (non-hydrogen) atoms. The van der Waals surface area contributed by atoms with Crippen LogP contribution >= 0.6 is 23.7 Å². The Morgan fingerprint density at radius 1 is 1.75 bits per heavy atom. The molecule has 6 nitrogen and oxygen atoms in total. The molecule has 3 N–H and O–H groups in total. The van der Waals surface area contributed by atoms with Crippen LogP contribution in [0.1, 0.15) is 17.3 Å². The van der Waals surface area contributed by atoms with E-state index in [0.717, 1.165) is 11.3 Å². The third-order valence-corrected chi connectivity index (χ3v) is 2.64. The summed E-state index contributed by atoms with van der Waals surface area (Å²) in [4.78, 5) is 21.3. The van der Waals surface area contributed by atoms with E-state index >= 15 is 0 Å². The van der Waals surface area contributed by atoms with Gasteiger partial charge in [0.05, 0.1) is 10.5 Å². The lowest BCUT2D eigenvalue weighted by Crippen LogP contribution is -2.37. The molecule has 90 valence electrons. The highest BCUT2D eigenvalue weighted by molar-refractivity contribution is 7.13. The Morgan fingerprint density at radius 2 is 2.38 bits per heavy atom. The van der Waals surface area contributed by atoms with Gasteiger partial charge in [0.2, 0.25) is 0 Å². The molecule has 1 amide bonds. The summed E-state index contributed by atoms with van der Waals surface area (Å²) in [5, 5.41) is 14.4. The van der Waals surface area contributed by atoms with Crippen LogP contribution in [0.3, 0.4) is 0 Å². The Labute approximate surface area is 102 Å². The Hall–Kier alpha value is -1.18. The molecule has 0 aliphatic heterocycles. The minimum absolute atomic E-state index is 0. The number of nitrogens with two attached hydrogens (primary N) is 1. The van der Waals surface area contributed by atoms with Crippen molar-refractivity contribution in [3.8, 4) is 0 Å². The van der Waals surface area contributed by atoms with Crippen LogP contribution in [-0.4, -0.2) is 23.4 Å². The average Bonchev–Trinajstić information content (AvgIpc) is 2.66. The Kier molecular flexibility index (Phi) is 5.94. The topological polar surface area (TPSA) is 98.3 Å². The highest BCUT2D eigenvalue weighted by Gasteiger charge is 2.15. The second-order valence-corrected chi connectivity index (χ2v) is 3.93. The number of halogens is 1. The maximum absolute atomic E-state index is 11.5. The van der Waals surface area contributed by atoms with Gasteiger partial charge in [0, 0.05) is 24.0 Å². The summed E-state index contributed by atoms with van der Waals surface area (Å²) in [6.45, 7) is 2.09. The average molecular weight is 266 g/mol. The molecule has 0 aromatic carbocycles. The van der Waals surface area contributed by atoms with Crippen LogP contribution in [0.2, 0.25) is 0 Å². The number of rotatable bonds is 4. The van der Waals surface area contributed by atoms with Gasteiger partial charge in [-0.25, -0.2) is 0 Å². The maximum atomic E-state index is 11.5. The van der Waals surface area contributed by atoms with E-state index in [0.29, 0.717) is 12.1 Å². The second kappa shape index (κ2) is 6.41. The molecule has 0 saturated carbocycles. The van der Waals surface area contributed by atoms with Crippen molar-refractivity contribution < 1.29 is 9.72 Å². The van der Waals surface area contributed by atoms with E-state index in [4.69, 9.17) is 5.73 Å². The first-order valence-electron chi connectivity index (χ1n) is 4.28. The van der Waals surface area contributed by atoms with Crippen molar-refractivity contribution in [1.29, 1.82) is 0 Å². The number of hydrogen-bond acceptors (Lipinski definition) is 5. The zero-order chi connectivity index (χ0) is 11.4. The van der Waals surface area contributed by atoms with Gasteiger partial charge in [0.25, 0.3) is 5.91 Å². The smallest absolute Gasteiger partial charge is 0.324 e. The van der Waals surface area contributed by atoms with E-state index in [2.05, 4.69) is 5.32 Å². The van der Waals surface area contributed by atoms with Gasteiger partial charge >= 0.3 is 5.00 Å². The second-order valence-electron chi connectivity index (χ2n) is 3.04. The number of carbonyl (C=O) groups excluding carboxylic acids is 1. The minimum atomic E-state index is -0.520. The fourth-order valence-corrected chi connectivity index (χ4v) is 1.61. The van der Waals surface area contributed by atoms with Crippen LogP contribution < -0.4 is 11.1 Å². The monoisotopic (exact) mass is 265 g/mol. The van der Waals surface area contributed by atoms with Crippen LogP contribution in [0.15, 0.2) is 11.4 Å². The molecule has 1 atom stereocenters. The number of carbonyl (C=O) groups is 1. The molecule has 1 aromatic heterocycles. The summed E-state index contributed by atoms with van der Waals surface area (Å²) >= 11 is 0.930. The molecule has 8 heteroatoms. The largest absolute Gasteiger partial charge is 0.348 e. The molecule has 0 bridgehead atoms. The van der Waals surface area contributed by atoms with E-state index < -0.39 is 4.92 Å². The molecule has 0 spiro atoms. The van der Waals surface area contributed by atoms with E-state index in [-0.39, 0.29) is 29.4 Å². The fraction of sp³-hybridized carbons (Fsp3) is 0.375. The van der Waals surface area contributed by atoms with Gasteiger partial charge in [-0.3, -0.25) is 14.9 Å². The number of nitrogens with one attached hydrogen (secondary N) is 1. The lowest BCUT2D eigenvalue weighted by atomic mass is 10.2. The summed E-state index contributed by atoms with van der Waals surface area (Å²) in [6, 6.07) is 1.11. The summed E-state index contributed by atoms with van der Waals surface area (Å²) in [5.41, 5.74) is 5.63. The van der Waals surface area contributed by atoms with E-state index in [1.54, 1.807) is 6.92 Å². The van der Waals surface area contributed by atoms with Crippen molar-refractivity contribution in [2.75, 3.05) is 6.54 Å². The molecule has 0 aliphatic carbocycles. The summed E-state index contributed by atoms with van der Waals surface area (Å²) < 4.78 is 0. The van der Waals surface area contributed by atoms with Gasteiger partial charge in [0.15, 0.2) is 0 Å². The Bertz CT molecular complexity index is 382. The van der Waals surface area contributed by atoms with Gasteiger partial charge in [-0.15, -0.1) is 12.4 Å². The van der Waals surface area contributed by atoms with Crippen molar-refractivity contribution in [2.45, 2.75) is 13.0 Å². The standard InChI is InChI=1S/C8H11N3O3S.ClH/c1-5(3-9)10-8(12)6-2-7(11(13)14)15-4-6;/h2,4-5H,3,9H2,1H3,(H,10,12);1H/t5-;/m1./s1. The summed E-state index contributed by atoms with van der Waals surface area (Å²) in [7, 11) is 0. The molecule has 0 fully saturated rings. The number of nitro groups is 1. The third-order valence-electron chi connectivity index (χ3n) is 1.76. The van der Waals surface area contributed by atoms with E-state index in [1.807, 2.05) is 0 Å². The lowest BCUT2D eigenvalue weighted by molar-refractivity contribution is -0.380. The first kappa shape index (κ1) is 14.8. The quantitative estimate of drug-likeness (QED) is 0.630. The van der Waals surface area contributed by atoms with Crippen LogP contribution in [0.4, 0.5) is 5.00 Å². The number of hydrogen-bond donors (Lipinski definition) is 2. The fourth-order valence-electron chi connectivity index (χ4n) is 0.906. The molecule has 0 unspecified atom stereocenters. The number of amides is 1. The molecule has 0 aliphatic rings. The van der Waals surface area contributed by atoms with Crippen LogP contribution in [0.5, 0.6) is 0 Å². The van der Waals surface area contributed by atoms with Crippen LogP contribution in [0.25, 0.3) is 0 Å². The van der Waals surface area contributed by atoms with Gasteiger partial charge in [-0.05, 0) is 6.92 Å². The van der Waals surface area contributed by atoms with Crippen LogP contribution in [-0.2, 0) is 0 Å². The first-order valence-corrected chi connectivity index (χ1v) is 5.16. The minimum Gasteiger partial charge on any atom is -0.348 e. The number of thiophene rings is 1. The van der Waals surface area contributed by atoms with Gasteiger partial charge in [0.1, 0.15) is 0 Å². The normalized spacial score (nSPS) is 11.4. The highest BCUT2D eigenvalue weighted by atomic mass is 35.5. The highest BCUT2D eigenvalue weighted by Crippen LogP contribution is 2.22. The van der Waals surface area contributed by atoms with Gasteiger partial charge in [-0.2, -0.15) is 0 Å².